The molecule has 0 aromatic heterocycles. The third-order valence-electron chi connectivity index (χ3n) is 5.72. The average Bonchev–Trinajstić information content (AvgIpc) is 3.06. The van der Waals surface area contributed by atoms with Crippen LogP contribution in [0.1, 0.15) is 40.1 Å². The predicted molar refractivity (Wildman–Crippen MR) is 109 cm³/mol. The van der Waals surface area contributed by atoms with Crippen LogP contribution in [0.25, 0.3) is 0 Å². The van der Waals surface area contributed by atoms with Gasteiger partial charge in [0, 0.05) is 42.1 Å². The Labute approximate surface area is 172 Å². The fraction of sp³-hybridized carbons (Fsp3) is 0.227. The number of hydrogen-bond donors (Lipinski definition) is 0. The first-order valence-electron chi connectivity index (χ1n) is 9.36. The lowest BCUT2D eigenvalue weighted by Gasteiger charge is -2.24. The number of likely N-dealkylation sites (N-methyl/N-ethyl adjacent to an activating group) is 1. The monoisotopic (exact) mass is 405 g/mol. The molecule has 8 nitrogen and oxygen atoms in total. The van der Waals surface area contributed by atoms with Crippen molar-refractivity contribution in [3.05, 3.63) is 81.0 Å². The van der Waals surface area contributed by atoms with Crippen molar-refractivity contribution in [3.63, 3.8) is 0 Å². The second-order valence-electron chi connectivity index (χ2n) is 7.88. The molecule has 8 heteroatoms. The molecule has 152 valence electrons. The van der Waals surface area contributed by atoms with Gasteiger partial charge in [0.15, 0.2) is 5.78 Å². The maximum atomic E-state index is 12.8. The second-order valence-corrected chi connectivity index (χ2v) is 7.88. The summed E-state index contributed by atoms with van der Waals surface area (Å²) in [4.78, 5) is 51.1. The van der Waals surface area contributed by atoms with E-state index >= 15 is 0 Å². The molecule has 0 spiro atoms. The number of amides is 2. The lowest BCUT2D eigenvalue weighted by Crippen LogP contribution is -2.35. The van der Waals surface area contributed by atoms with Crippen LogP contribution in [-0.2, 0) is 10.2 Å². The van der Waals surface area contributed by atoms with Gasteiger partial charge in [0.05, 0.1) is 22.6 Å². The van der Waals surface area contributed by atoms with E-state index in [1.807, 2.05) is 50.1 Å². The molecule has 0 atom stereocenters. The Hall–Kier alpha value is -3.81. The molecule has 4 rings (SSSR count). The van der Waals surface area contributed by atoms with Crippen molar-refractivity contribution in [2.24, 2.45) is 0 Å². The first-order chi connectivity index (χ1) is 14.1. The van der Waals surface area contributed by atoms with Crippen LogP contribution >= 0.6 is 0 Å². The van der Waals surface area contributed by atoms with Gasteiger partial charge < -0.3 is 4.90 Å². The van der Waals surface area contributed by atoms with Gasteiger partial charge in [-0.25, -0.2) is 0 Å². The molecular weight excluding hydrogens is 386 g/mol. The fourth-order valence-corrected chi connectivity index (χ4v) is 4.15. The van der Waals surface area contributed by atoms with E-state index in [-0.39, 0.29) is 16.8 Å². The third kappa shape index (κ3) is 2.80. The number of nitrogens with zero attached hydrogens (tertiary/aromatic N) is 3. The van der Waals surface area contributed by atoms with E-state index in [2.05, 4.69) is 0 Å². The zero-order valence-corrected chi connectivity index (χ0v) is 16.7. The first kappa shape index (κ1) is 19.5. The highest BCUT2D eigenvalue weighted by Crippen LogP contribution is 2.46. The Balaban J connectivity index is 1.60. The third-order valence-corrected chi connectivity index (χ3v) is 5.72. The number of imide groups is 1. The van der Waals surface area contributed by atoms with Gasteiger partial charge in [0.1, 0.15) is 0 Å². The zero-order valence-electron chi connectivity index (χ0n) is 16.7. The van der Waals surface area contributed by atoms with Crippen LogP contribution in [0, 0.1) is 10.1 Å². The molecule has 2 aromatic rings. The normalized spacial score (nSPS) is 18.0. The first-order valence-corrected chi connectivity index (χ1v) is 9.36. The van der Waals surface area contributed by atoms with Crippen LogP contribution in [0.15, 0.2) is 54.2 Å². The van der Waals surface area contributed by atoms with Crippen molar-refractivity contribution in [1.82, 2.24) is 4.90 Å². The average molecular weight is 405 g/mol. The molecule has 0 bridgehead atoms. The largest absolute Gasteiger partial charge is 0.347 e. The topological polar surface area (TPSA) is 101 Å². The quantitative estimate of drug-likeness (QED) is 0.335. The summed E-state index contributed by atoms with van der Waals surface area (Å²) >= 11 is 0. The van der Waals surface area contributed by atoms with Gasteiger partial charge in [-0.1, -0.05) is 32.0 Å². The molecule has 2 amide bonds. The van der Waals surface area contributed by atoms with E-state index in [1.54, 1.807) is 0 Å². The molecule has 0 saturated heterocycles. The van der Waals surface area contributed by atoms with Crippen LogP contribution < -0.4 is 4.90 Å². The highest BCUT2D eigenvalue weighted by molar-refractivity contribution is 6.23. The van der Waals surface area contributed by atoms with Crippen molar-refractivity contribution in [2.45, 2.75) is 19.3 Å². The Bertz CT molecular complexity index is 1170. The van der Waals surface area contributed by atoms with Gasteiger partial charge in [0.25, 0.3) is 17.5 Å². The second kappa shape index (κ2) is 6.62. The van der Waals surface area contributed by atoms with Gasteiger partial charge in [-0.3, -0.25) is 29.4 Å². The summed E-state index contributed by atoms with van der Waals surface area (Å²) in [5, 5.41) is 11.0. The van der Waals surface area contributed by atoms with Gasteiger partial charge >= 0.3 is 0 Å². The molecular formula is C22H19N3O5. The summed E-state index contributed by atoms with van der Waals surface area (Å²) in [6, 6.07) is 11.3. The van der Waals surface area contributed by atoms with Gasteiger partial charge in [-0.15, -0.1) is 0 Å². The van der Waals surface area contributed by atoms with E-state index in [1.165, 1.54) is 18.2 Å². The molecule has 30 heavy (non-hydrogen) atoms. The molecule has 2 heterocycles. The Morgan fingerprint density at radius 1 is 1.10 bits per heavy atom. The number of anilines is 1. The number of non-ortho nitro benzene ring substituents is 1. The number of nitro groups is 1. The number of ketones is 1. The van der Waals surface area contributed by atoms with Crippen LogP contribution in [-0.4, -0.2) is 41.0 Å². The maximum Gasteiger partial charge on any atom is 0.270 e. The van der Waals surface area contributed by atoms with Crippen LogP contribution in [0.4, 0.5) is 11.4 Å². The van der Waals surface area contributed by atoms with Gasteiger partial charge in [0.2, 0.25) is 0 Å². The number of carbonyl (C=O) groups excluding carboxylic acids is 3. The number of nitro benzene ring substituents is 1. The van der Waals surface area contributed by atoms with Crippen LogP contribution in [0.3, 0.4) is 0 Å². The zero-order chi connectivity index (χ0) is 21.8. The van der Waals surface area contributed by atoms with Crippen LogP contribution in [0.2, 0.25) is 0 Å². The minimum absolute atomic E-state index is 0.0552. The summed E-state index contributed by atoms with van der Waals surface area (Å²) in [6.45, 7) is 3.59. The Morgan fingerprint density at radius 2 is 1.77 bits per heavy atom. The van der Waals surface area contributed by atoms with Crippen molar-refractivity contribution >= 4 is 29.0 Å². The van der Waals surface area contributed by atoms with E-state index in [4.69, 9.17) is 0 Å². The van der Waals surface area contributed by atoms with E-state index in [9.17, 15) is 24.5 Å². The summed E-state index contributed by atoms with van der Waals surface area (Å²) in [5.74, 6) is -1.73. The van der Waals surface area contributed by atoms with E-state index in [0.29, 0.717) is 0 Å². The molecule has 2 aliphatic heterocycles. The lowest BCUT2D eigenvalue weighted by molar-refractivity contribution is -0.384. The highest BCUT2D eigenvalue weighted by atomic mass is 16.6. The van der Waals surface area contributed by atoms with Crippen molar-refractivity contribution in [3.8, 4) is 0 Å². The number of allylic oxidation sites excluding steroid dienone is 1. The van der Waals surface area contributed by atoms with E-state index < -0.39 is 34.5 Å². The minimum Gasteiger partial charge on any atom is -0.347 e. The number of hydrogen-bond acceptors (Lipinski definition) is 6. The molecule has 0 fully saturated rings. The van der Waals surface area contributed by atoms with Gasteiger partial charge in [-0.2, -0.15) is 0 Å². The number of benzene rings is 2. The molecule has 2 aromatic carbocycles. The molecule has 0 N–H and O–H groups in total. The Kier molecular flexibility index (Phi) is 4.30. The number of para-hydroxylation sites is 1. The highest BCUT2D eigenvalue weighted by Gasteiger charge is 2.40. The number of carbonyl (C=O) groups is 3. The smallest absolute Gasteiger partial charge is 0.270 e. The molecule has 0 saturated carbocycles. The number of rotatable bonds is 4. The standard InChI is InChI=1S/C22H19N3O5/c1-22(2)17-6-4-5-7-18(17)23(3)19(22)11-14(26)12-24-20(27)15-9-8-13(25(29)30)10-16(15)21(24)28/h4-11H,12H2,1-3H3/b19-11+. The lowest BCUT2D eigenvalue weighted by atomic mass is 9.83. The predicted octanol–water partition coefficient (Wildman–Crippen LogP) is 3.07. The summed E-state index contributed by atoms with van der Waals surface area (Å²) in [5.41, 5.74) is 2.16. The van der Waals surface area contributed by atoms with Crippen LogP contribution in [0.5, 0.6) is 0 Å². The molecule has 2 aliphatic rings. The van der Waals surface area contributed by atoms with Gasteiger partial charge in [-0.05, 0) is 17.7 Å². The Morgan fingerprint density at radius 3 is 2.43 bits per heavy atom. The minimum atomic E-state index is -0.701. The summed E-state index contributed by atoms with van der Waals surface area (Å²) < 4.78 is 0. The fourth-order valence-electron chi connectivity index (χ4n) is 4.15. The van der Waals surface area contributed by atoms with Crippen molar-refractivity contribution < 1.29 is 19.3 Å². The summed E-state index contributed by atoms with van der Waals surface area (Å²) in [7, 11) is 1.87. The SMILES string of the molecule is CN1/C(=C/C(=O)CN2C(=O)c3ccc([N+](=O)[O-])cc3C2=O)C(C)(C)c2ccccc21. The number of fused-ring (bicyclic) bond motifs is 2. The molecule has 0 radical (unpaired) electrons. The van der Waals surface area contributed by atoms with E-state index in [0.717, 1.165) is 27.9 Å². The summed E-state index contributed by atoms with van der Waals surface area (Å²) in [6.07, 6.45) is 1.46. The maximum absolute atomic E-state index is 12.8. The van der Waals surface area contributed by atoms with Crippen molar-refractivity contribution in [2.75, 3.05) is 18.5 Å². The van der Waals surface area contributed by atoms with Crippen molar-refractivity contribution in [1.29, 1.82) is 0 Å². The molecule has 0 unspecified atom stereocenters. The molecule has 0 aliphatic carbocycles.